The van der Waals surface area contributed by atoms with Gasteiger partial charge in [0.05, 0.1) is 12.6 Å². The predicted molar refractivity (Wildman–Crippen MR) is 118 cm³/mol. The van der Waals surface area contributed by atoms with Crippen LogP contribution in [0.15, 0.2) is 0 Å². The summed E-state index contributed by atoms with van der Waals surface area (Å²) in [6.07, 6.45) is 0.426. The van der Waals surface area contributed by atoms with Crippen molar-refractivity contribution in [3.8, 4) is 0 Å². The van der Waals surface area contributed by atoms with Gasteiger partial charge in [0.25, 0.3) is 0 Å². The molecule has 0 aliphatic heterocycles. The summed E-state index contributed by atoms with van der Waals surface area (Å²) in [4.78, 5) is 70.7. The third kappa shape index (κ3) is 12.7. The molecule has 15 nitrogen and oxygen atoms in total. The molecule has 4 unspecified atom stereocenters. The van der Waals surface area contributed by atoms with Gasteiger partial charge in [-0.05, 0) is 32.2 Å². The van der Waals surface area contributed by atoms with Crippen LogP contribution in [0, 0.1) is 0 Å². The molecule has 0 saturated heterocycles. The molecule has 5 amide bonds. The van der Waals surface area contributed by atoms with Crippen molar-refractivity contribution in [2.24, 2.45) is 22.9 Å². The Hall–Kier alpha value is -3.30. The van der Waals surface area contributed by atoms with Gasteiger partial charge in [-0.3, -0.25) is 24.0 Å². The lowest BCUT2D eigenvalue weighted by molar-refractivity contribution is -0.143. The highest BCUT2D eigenvalue weighted by atomic mass is 16.4. The van der Waals surface area contributed by atoms with Gasteiger partial charge in [-0.25, -0.2) is 4.79 Å². The van der Waals surface area contributed by atoms with Gasteiger partial charge in [0.1, 0.15) is 18.1 Å². The molecule has 34 heavy (non-hydrogen) atoms. The largest absolute Gasteiger partial charge is 0.480 e. The maximum atomic E-state index is 12.7. The quantitative estimate of drug-likeness (QED) is 0.0831. The SMILES string of the molecule is NCCCCC(N)C(=O)NC(CCC(N)=O)C(=O)NC(CO)C(=O)NC(CCC(N)=O)C(=O)O. The average Bonchev–Trinajstić information content (AvgIpc) is 2.76. The van der Waals surface area contributed by atoms with Crippen LogP contribution in [0.3, 0.4) is 0 Å². The Morgan fingerprint density at radius 1 is 0.706 bits per heavy atom. The van der Waals surface area contributed by atoms with Crippen LogP contribution >= 0.6 is 0 Å². The van der Waals surface area contributed by atoms with Crippen molar-refractivity contribution in [2.75, 3.05) is 13.2 Å². The van der Waals surface area contributed by atoms with Crippen LogP contribution in [0.4, 0.5) is 0 Å². The Morgan fingerprint density at radius 2 is 1.18 bits per heavy atom. The van der Waals surface area contributed by atoms with Crippen molar-refractivity contribution in [2.45, 2.75) is 69.1 Å². The summed E-state index contributed by atoms with van der Waals surface area (Å²) in [6, 6.07) is -5.35. The highest BCUT2D eigenvalue weighted by Gasteiger charge is 2.30. The predicted octanol–water partition coefficient (Wildman–Crippen LogP) is -4.50. The molecule has 0 rings (SSSR count). The van der Waals surface area contributed by atoms with Crippen LogP contribution in [0.5, 0.6) is 0 Å². The van der Waals surface area contributed by atoms with Gasteiger partial charge in [0.15, 0.2) is 0 Å². The second-order valence-electron chi connectivity index (χ2n) is 7.61. The Labute approximate surface area is 196 Å². The van der Waals surface area contributed by atoms with Crippen molar-refractivity contribution >= 4 is 35.5 Å². The van der Waals surface area contributed by atoms with E-state index in [9.17, 15) is 39.0 Å². The Balaban J connectivity index is 5.24. The number of aliphatic hydroxyl groups is 1. The van der Waals surface area contributed by atoms with Crippen LogP contribution < -0.4 is 38.9 Å². The first-order chi connectivity index (χ1) is 15.9. The first-order valence-corrected chi connectivity index (χ1v) is 10.7. The van der Waals surface area contributed by atoms with Gasteiger partial charge >= 0.3 is 5.97 Å². The van der Waals surface area contributed by atoms with Crippen molar-refractivity contribution in [3.05, 3.63) is 0 Å². The molecule has 0 fully saturated rings. The topological polar surface area (TPSA) is 283 Å². The van der Waals surface area contributed by atoms with Gasteiger partial charge in [0.2, 0.25) is 29.5 Å². The van der Waals surface area contributed by atoms with Crippen LogP contribution in [0.2, 0.25) is 0 Å². The highest BCUT2D eigenvalue weighted by Crippen LogP contribution is 2.04. The third-order valence-corrected chi connectivity index (χ3v) is 4.73. The molecular weight excluding hydrogens is 454 g/mol. The van der Waals surface area contributed by atoms with Crippen LogP contribution in [0.1, 0.15) is 44.9 Å². The molecule has 0 heterocycles. The number of carbonyl (C=O) groups is 6. The molecule has 194 valence electrons. The number of hydrogen-bond acceptors (Lipinski definition) is 9. The number of rotatable bonds is 18. The van der Waals surface area contributed by atoms with Crippen LogP contribution in [0.25, 0.3) is 0 Å². The van der Waals surface area contributed by atoms with E-state index in [1.165, 1.54) is 0 Å². The molecular formula is C19H35N7O8. The van der Waals surface area contributed by atoms with E-state index < -0.39 is 66.3 Å². The number of nitrogens with two attached hydrogens (primary N) is 4. The molecule has 13 N–H and O–H groups in total. The minimum absolute atomic E-state index is 0.210. The van der Waals surface area contributed by atoms with E-state index in [2.05, 4.69) is 16.0 Å². The molecule has 0 radical (unpaired) electrons. The number of carboxylic acids is 1. The van der Waals surface area contributed by atoms with Gasteiger partial charge in [-0.1, -0.05) is 6.42 Å². The molecule has 0 aromatic carbocycles. The summed E-state index contributed by atoms with van der Waals surface area (Å²) in [5, 5.41) is 25.4. The number of unbranched alkanes of at least 4 members (excludes halogenated alkanes) is 1. The monoisotopic (exact) mass is 489 g/mol. The second-order valence-corrected chi connectivity index (χ2v) is 7.61. The first-order valence-electron chi connectivity index (χ1n) is 10.7. The molecule has 0 aliphatic carbocycles. The molecule has 0 aliphatic rings. The minimum atomic E-state index is -1.59. The number of primary amides is 2. The van der Waals surface area contributed by atoms with Crippen molar-refractivity contribution in [1.29, 1.82) is 0 Å². The number of carbonyl (C=O) groups excluding carboxylic acids is 5. The molecule has 15 heteroatoms. The fourth-order valence-electron chi connectivity index (χ4n) is 2.76. The smallest absolute Gasteiger partial charge is 0.326 e. The van der Waals surface area contributed by atoms with Crippen LogP contribution in [-0.4, -0.2) is 83.0 Å². The third-order valence-electron chi connectivity index (χ3n) is 4.73. The molecule has 0 spiro atoms. The lowest BCUT2D eigenvalue weighted by atomic mass is 10.1. The summed E-state index contributed by atoms with van der Waals surface area (Å²) >= 11 is 0. The Bertz CT molecular complexity index is 733. The zero-order valence-electron chi connectivity index (χ0n) is 18.8. The van der Waals surface area contributed by atoms with Crippen molar-refractivity contribution in [3.63, 3.8) is 0 Å². The van der Waals surface area contributed by atoms with Crippen LogP contribution in [-0.2, 0) is 28.8 Å². The summed E-state index contributed by atoms with van der Waals surface area (Å²) in [5.41, 5.74) is 21.3. The molecule has 0 bridgehead atoms. The first kappa shape index (κ1) is 30.7. The van der Waals surface area contributed by atoms with Crippen molar-refractivity contribution < 1.29 is 39.0 Å². The number of carboxylic acid groups (broad SMARTS) is 1. The summed E-state index contributed by atoms with van der Waals surface area (Å²) in [5.74, 6) is -5.62. The van der Waals surface area contributed by atoms with E-state index in [-0.39, 0.29) is 25.7 Å². The Morgan fingerprint density at radius 3 is 1.65 bits per heavy atom. The van der Waals surface area contributed by atoms with Gasteiger partial charge in [-0.2, -0.15) is 0 Å². The van der Waals surface area contributed by atoms with E-state index in [1.54, 1.807) is 0 Å². The maximum absolute atomic E-state index is 12.7. The van der Waals surface area contributed by atoms with E-state index in [0.717, 1.165) is 0 Å². The fraction of sp³-hybridized carbons (Fsp3) is 0.684. The van der Waals surface area contributed by atoms with E-state index >= 15 is 0 Å². The normalized spacial score (nSPS) is 14.2. The molecule has 0 aromatic rings. The summed E-state index contributed by atoms with van der Waals surface area (Å²) in [6.45, 7) is -0.483. The number of amides is 5. The second kappa shape index (κ2) is 16.3. The molecule has 4 atom stereocenters. The fourth-order valence-corrected chi connectivity index (χ4v) is 2.76. The lowest BCUT2D eigenvalue weighted by Gasteiger charge is -2.24. The average molecular weight is 490 g/mol. The van der Waals surface area contributed by atoms with E-state index in [1.807, 2.05) is 0 Å². The van der Waals surface area contributed by atoms with Gasteiger partial charge in [0, 0.05) is 12.8 Å². The zero-order valence-corrected chi connectivity index (χ0v) is 18.8. The van der Waals surface area contributed by atoms with Crippen molar-refractivity contribution in [1.82, 2.24) is 16.0 Å². The minimum Gasteiger partial charge on any atom is -0.480 e. The lowest BCUT2D eigenvalue weighted by Crippen LogP contribution is -2.58. The summed E-state index contributed by atoms with van der Waals surface area (Å²) in [7, 11) is 0. The van der Waals surface area contributed by atoms with Gasteiger partial charge in [-0.15, -0.1) is 0 Å². The van der Waals surface area contributed by atoms with Gasteiger partial charge < -0.3 is 49.1 Å². The molecule has 0 aromatic heterocycles. The summed E-state index contributed by atoms with van der Waals surface area (Å²) < 4.78 is 0. The maximum Gasteiger partial charge on any atom is 0.326 e. The standard InChI is InChI=1S/C19H35N7O8/c20-8-2-1-3-10(21)16(30)24-11(4-6-14(22)28)17(31)26-13(9-27)18(32)25-12(19(33)34)5-7-15(23)29/h10-13,27H,1-9,20-21H2,(H2,22,28)(H2,23,29)(H,24,30)(H,25,32)(H,26,31)(H,33,34). The number of hydrogen-bond donors (Lipinski definition) is 9. The zero-order chi connectivity index (χ0) is 26.3. The van der Waals surface area contributed by atoms with E-state index in [4.69, 9.17) is 22.9 Å². The molecule has 0 saturated carbocycles. The Kier molecular flexibility index (Phi) is 14.7. The number of nitrogens with one attached hydrogen (secondary N) is 3. The number of aliphatic carboxylic acids is 1. The number of aliphatic hydroxyl groups excluding tert-OH is 1. The van der Waals surface area contributed by atoms with E-state index in [0.29, 0.717) is 25.8 Å². The highest BCUT2D eigenvalue weighted by molar-refractivity contribution is 5.94.